The summed E-state index contributed by atoms with van der Waals surface area (Å²) < 4.78 is 6.43. The van der Waals surface area contributed by atoms with Gasteiger partial charge >= 0.3 is 0 Å². The van der Waals surface area contributed by atoms with Gasteiger partial charge in [-0.15, -0.1) is 0 Å². The van der Waals surface area contributed by atoms with Gasteiger partial charge in [0.1, 0.15) is 11.3 Å². The highest BCUT2D eigenvalue weighted by molar-refractivity contribution is 6.08. The van der Waals surface area contributed by atoms with Crippen molar-refractivity contribution in [3.05, 3.63) is 188 Å². The zero-order chi connectivity index (χ0) is 31.9. The Morgan fingerprint density at radius 1 is 0.354 bits per heavy atom. The molecule has 48 heavy (non-hydrogen) atoms. The Morgan fingerprint density at radius 2 is 0.979 bits per heavy atom. The first-order valence-corrected chi connectivity index (χ1v) is 16.3. The van der Waals surface area contributed by atoms with Gasteiger partial charge in [0.05, 0.1) is 5.69 Å². The van der Waals surface area contributed by atoms with Crippen LogP contribution in [0.1, 0.15) is 0 Å². The molecule has 226 valence electrons. The van der Waals surface area contributed by atoms with Gasteiger partial charge in [-0.1, -0.05) is 133 Å². The van der Waals surface area contributed by atoms with Crippen LogP contribution < -0.4 is 4.90 Å². The van der Waals surface area contributed by atoms with E-state index in [9.17, 15) is 0 Å². The Morgan fingerprint density at radius 3 is 1.81 bits per heavy atom. The third-order valence-electron chi connectivity index (χ3n) is 9.25. The van der Waals surface area contributed by atoms with E-state index in [2.05, 4.69) is 181 Å². The van der Waals surface area contributed by atoms with Crippen LogP contribution in [0, 0.1) is 0 Å². The maximum Gasteiger partial charge on any atom is 0.137 e. The van der Waals surface area contributed by atoms with Crippen LogP contribution in [0.25, 0.3) is 66.1 Å². The van der Waals surface area contributed by atoms with Crippen LogP contribution in [-0.4, -0.2) is 0 Å². The number of hydrogen-bond acceptors (Lipinski definition) is 2. The molecule has 9 aromatic rings. The summed E-state index contributed by atoms with van der Waals surface area (Å²) in [6, 6.07) is 66.9. The monoisotopic (exact) mass is 613 g/mol. The Kier molecular flexibility index (Phi) is 6.84. The lowest BCUT2D eigenvalue weighted by Crippen LogP contribution is -2.11. The van der Waals surface area contributed by atoms with Gasteiger partial charge in [-0.2, -0.15) is 0 Å². The lowest BCUT2D eigenvalue weighted by molar-refractivity contribution is 0.631. The molecule has 1 heterocycles. The number of nitrogens with zero attached hydrogens (tertiary/aromatic N) is 1. The second-order valence-electron chi connectivity index (χ2n) is 12.2. The molecule has 2 heteroatoms. The first-order valence-electron chi connectivity index (χ1n) is 16.3. The molecule has 0 N–H and O–H groups in total. The lowest BCUT2D eigenvalue weighted by Gasteiger charge is -2.28. The van der Waals surface area contributed by atoms with Gasteiger partial charge in [-0.3, -0.25) is 0 Å². The normalized spacial score (nSPS) is 11.3. The van der Waals surface area contributed by atoms with E-state index in [1.807, 2.05) is 12.1 Å². The molecule has 0 bridgehead atoms. The second kappa shape index (κ2) is 11.8. The molecule has 0 aliphatic heterocycles. The number of hydrogen-bond donors (Lipinski definition) is 0. The molecule has 0 saturated carbocycles. The fourth-order valence-electron chi connectivity index (χ4n) is 6.87. The molecule has 0 fully saturated rings. The third kappa shape index (κ3) is 5.01. The molecule has 0 radical (unpaired) electrons. The van der Waals surface area contributed by atoms with Crippen molar-refractivity contribution in [2.24, 2.45) is 0 Å². The number of rotatable bonds is 6. The van der Waals surface area contributed by atoms with Crippen molar-refractivity contribution in [3.63, 3.8) is 0 Å². The molecular weight excluding hydrogens is 583 g/mol. The summed E-state index contributed by atoms with van der Waals surface area (Å²) in [6.45, 7) is 0. The highest BCUT2D eigenvalue weighted by Crippen LogP contribution is 2.43. The molecule has 2 nitrogen and oxygen atoms in total. The molecule has 0 atom stereocenters. The third-order valence-corrected chi connectivity index (χ3v) is 9.25. The van der Waals surface area contributed by atoms with Crippen molar-refractivity contribution in [3.8, 4) is 33.6 Å². The van der Waals surface area contributed by atoms with Crippen molar-refractivity contribution in [2.75, 3.05) is 4.90 Å². The van der Waals surface area contributed by atoms with E-state index in [0.29, 0.717) is 0 Å². The minimum Gasteiger partial charge on any atom is -0.456 e. The summed E-state index contributed by atoms with van der Waals surface area (Å²) in [4.78, 5) is 2.35. The summed E-state index contributed by atoms with van der Waals surface area (Å²) in [5.74, 6) is 0.845. The summed E-state index contributed by atoms with van der Waals surface area (Å²) in [7, 11) is 0. The van der Waals surface area contributed by atoms with E-state index in [1.54, 1.807) is 0 Å². The topological polar surface area (TPSA) is 16.4 Å². The highest BCUT2D eigenvalue weighted by atomic mass is 16.3. The van der Waals surface area contributed by atoms with Crippen LogP contribution in [0.3, 0.4) is 0 Å². The Bertz CT molecular complexity index is 2530. The molecule has 0 saturated heterocycles. The molecular formula is C46H31NO. The number of furan rings is 1. The summed E-state index contributed by atoms with van der Waals surface area (Å²) >= 11 is 0. The van der Waals surface area contributed by atoms with E-state index >= 15 is 0 Å². The highest BCUT2D eigenvalue weighted by Gasteiger charge is 2.20. The molecule has 8 aromatic carbocycles. The number of anilines is 3. The van der Waals surface area contributed by atoms with E-state index in [4.69, 9.17) is 4.42 Å². The van der Waals surface area contributed by atoms with Gasteiger partial charge < -0.3 is 9.32 Å². The van der Waals surface area contributed by atoms with E-state index in [1.165, 1.54) is 43.8 Å². The molecule has 0 unspecified atom stereocenters. The van der Waals surface area contributed by atoms with Gasteiger partial charge in [0.2, 0.25) is 0 Å². The van der Waals surface area contributed by atoms with Gasteiger partial charge in [0, 0.05) is 22.3 Å². The quantitative estimate of drug-likeness (QED) is 0.174. The smallest absolute Gasteiger partial charge is 0.137 e. The maximum atomic E-state index is 6.43. The van der Waals surface area contributed by atoms with E-state index in [0.717, 1.165) is 39.4 Å². The largest absolute Gasteiger partial charge is 0.456 e. The summed E-state index contributed by atoms with van der Waals surface area (Å²) in [6.07, 6.45) is 0. The lowest BCUT2D eigenvalue weighted by atomic mass is 9.98. The number of fused-ring (bicyclic) bond motifs is 4. The van der Waals surface area contributed by atoms with Crippen LogP contribution in [0.5, 0.6) is 0 Å². The van der Waals surface area contributed by atoms with Gasteiger partial charge in [0.25, 0.3) is 0 Å². The predicted molar refractivity (Wildman–Crippen MR) is 202 cm³/mol. The Labute approximate surface area is 279 Å². The average Bonchev–Trinajstić information content (AvgIpc) is 3.60. The fraction of sp³-hybridized carbons (Fsp3) is 0. The molecule has 0 aliphatic rings. The SMILES string of the molecule is c1ccc(-c2cccc(-c3ccc(N(c4ccc5c(ccc6ccccc65)c4)c4ccccc4-c4cc5ccccc5o4)cc3)c2)cc1. The standard InChI is InChI=1S/C46H31NO/c1-2-11-32(12-3-1)35-15-10-16-36(29-35)33-23-25-39(26-24-33)47(40-27-28-42-37(30-40)22-21-34-13-4-6-17-41(34)42)44-19-8-7-18-43(44)46-31-38-14-5-9-20-45(38)48-46/h1-31H. The van der Waals surface area contributed by atoms with Crippen LogP contribution in [0.2, 0.25) is 0 Å². The number of benzene rings is 8. The van der Waals surface area contributed by atoms with E-state index in [-0.39, 0.29) is 0 Å². The molecule has 1 aromatic heterocycles. The molecule has 9 rings (SSSR count). The number of para-hydroxylation sites is 2. The Balaban J connectivity index is 1.19. The predicted octanol–water partition coefficient (Wildman–Crippen LogP) is 13.2. The van der Waals surface area contributed by atoms with Crippen molar-refractivity contribution in [1.82, 2.24) is 0 Å². The Hall–Kier alpha value is -6.38. The van der Waals surface area contributed by atoms with Crippen LogP contribution in [0.15, 0.2) is 192 Å². The minimum atomic E-state index is 0.845. The first kappa shape index (κ1) is 27.9. The van der Waals surface area contributed by atoms with Crippen LogP contribution >= 0.6 is 0 Å². The fourth-order valence-corrected chi connectivity index (χ4v) is 6.87. The second-order valence-corrected chi connectivity index (χ2v) is 12.2. The van der Waals surface area contributed by atoms with Crippen LogP contribution in [0.4, 0.5) is 17.1 Å². The van der Waals surface area contributed by atoms with Crippen molar-refractivity contribution < 1.29 is 4.42 Å². The van der Waals surface area contributed by atoms with Crippen molar-refractivity contribution in [2.45, 2.75) is 0 Å². The maximum absolute atomic E-state index is 6.43. The average molecular weight is 614 g/mol. The molecule has 0 amide bonds. The summed E-state index contributed by atoms with van der Waals surface area (Å²) in [5, 5.41) is 6.05. The minimum absolute atomic E-state index is 0.845. The van der Waals surface area contributed by atoms with Gasteiger partial charge in [-0.25, -0.2) is 0 Å². The zero-order valence-corrected chi connectivity index (χ0v) is 26.3. The van der Waals surface area contributed by atoms with Gasteiger partial charge in [0.15, 0.2) is 0 Å². The molecule has 0 spiro atoms. The first-order chi connectivity index (χ1) is 23.8. The van der Waals surface area contributed by atoms with Crippen molar-refractivity contribution in [1.29, 1.82) is 0 Å². The van der Waals surface area contributed by atoms with Gasteiger partial charge in [-0.05, 0) is 98.4 Å². The zero-order valence-electron chi connectivity index (χ0n) is 26.3. The van der Waals surface area contributed by atoms with E-state index < -0.39 is 0 Å². The molecule has 0 aliphatic carbocycles. The summed E-state index contributed by atoms with van der Waals surface area (Å²) in [5.41, 5.74) is 9.91. The van der Waals surface area contributed by atoms with Crippen LogP contribution in [-0.2, 0) is 0 Å². The van der Waals surface area contributed by atoms with Crippen molar-refractivity contribution >= 4 is 49.6 Å².